The van der Waals surface area contributed by atoms with Gasteiger partial charge in [-0.2, -0.15) is 0 Å². The van der Waals surface area contributed by atoms with Crippen LogP contribution in [-0.2, 0) is 10.0 Å². The second-order valence-corrected chi connectivity index (χ2v) is 6.33. The summed E-state index contributed by atoms with van der Waals surface area (Å²) >= 11 is 0. The molecular formula is C16H17NO2S. The van der Waals surface area contributed by atoms with Crippen molar-refractivity contribution in [2.24, 2.45) is 0 Å². The van der Waals surface area contributed by atoms with Crippen molar-refractivity contribution in [3.05, 3.63) is 77.9 Å². The first-order valence-corrected chi connectivity index (χ1v) is 8.19. The van der Waals surface area contributed by atoms with Crippen LogP contribution in [0.3, 0.4) is 0 Å². The summed E-state index contributed by atoms with van der Waals surface area (Å²) in [4.78, 5) is 0. The molecule has 3 nitrogen and oxygen atoms in total. The van der Waals surface area contributed by atoms with Gasteiger partial charge in [-0.25, -0.2) is 13.1 Å². The normalized spacial score (nSPS) is 13.4. The molecule has 0 saturated heterocycles. The lowest BCUT2D eigenvalue weighted by Crippen LogP contribution is -2.26. The van der Waals surface area contributed by atoms with Gasteiger partial charge in [0.15, 0.2) is 0 Å². The van der Waals surface area contributed by atoms with Gasteiger partial charge in [0.05, 0.1) is 12.3 Å². The van der Waals surface area contributed by atoms with Gasteiger partial charge in [0.2, 0.25) is 10.0 Å². The molecule has 1 atom stereocenters. The van der Waals surface area contributed by atoms with E-state index in [1.807, 2.05) is 72.8 Å². The monoisotopic (exact) mass is 287 g/mol. The van der Waals surface area contributed by atoms with Crippen molar-refractivity contribution in [2.75, 3.05) is 6.26 Å². The average Bonchev–Trinajstić information content (AvgIpc) is 2.44. The first-order chi connectivity index (χ1) is 9.54. The molecule has 0 radical (unpaired) electrons. The van der Waals surface area contributed by atoms with E-state index in [2.05, 4.69) is 4.72 Å². The van der Waals surface area contributed by atoms with Crippen LogP contribution in [0.2, 0.25) is 0 Å². The number of rotatable bonds is 5. The fraction of sp³-hybridized carbons (Fsp3) is 0.125. The average molecular weight is 287 g/mol. The molecule has 4 heteroatoms. The summed E-state index contributed by atoms with van der Waals surface area (Å²) in [5.41, 5.74) is 1.94. The molecule has 2 aromatic rings. The van der Waals surface area contributed by atoms with Gasteiger partial charge in [-0.3, -0.25) is 0 Å². The molecule has 1 unspecified atom stereocenters. The van der Waals surface area contributed by atoms with E-state index in [1.165, 1.54) is 6.26 Å². The molecule has 2 rings (SSSR count). The maximum Gasteiger partial charge on any atom is 0.209 e. The van der Waals surface area contributed by atoms with Gasteiger partial charge in [0.1, 0.15) is 0 Å². The Morgan fingerprint density at radius 3 is 2.05 bits per heavy atom. The summed E-state index contributed by atoms with van der Waals surface area (Å²) in [5.74, 6) is 0. The zero-order chi connectivity index (χ0) is 14.4. The van der Waals surface area contributed by atoms with Crippen molar-refractivity contribution in [2.45, 2.75) is 6.04 Å². The number of sulfonamides is 1. The SMILES string of the molecule is CS(=O)(=O)NC(/C=C/c1ccccc1)c1ccccc1. The fourth-order valence-corrected chi connectivity index (χ4v) is 2.56. The van der Waals surface area contributed by atoms with Gasteiger partial charge in [-0.15, -0.1) is 0 Å². The van der Waals surface area contributed by atoms with Crippen molar-refractivity contribution in [3.63, 3.8) is 0 Å². The van der Waals surface area contributed by atoms with Crippen molar-refractivity contribution >= 4 is 16.1 Å². The molecule has 0 aromatic heterocycles. The van der Waals surface area contributed by atoms with Crippen molar-refractivity contribution < 1.29 is 8.42 Å². The summed E-state index contributed by atoms with van der Waals surface area (Å²) in [6.45, 7) is 0. The third-order valence-electron chi connectivity index (χ3n) is 2.78. The fourth-order valence-electron chi connectivity index (χ4n) is 1.88. The minimum absolute atomic E-state index is 0.369. The van der Waals surface area contributed by atoms with Gasteiger partial charge in [0, 0.05) is 0 Å². The van der Waals surface area contributed by atoms with E-state index in [0.717, 1.165) is 11.1 Å². The third kappa shape index (κ3) is 4.64. The quantitative estimate of drug-likeness (QED) is 0.919. The van der Waals surface area contributed by atoms with Crippen LogP contribution in [-0.4, -0.2) is 14.7 Å². The topological polar surface area (TPSA) is 46.2 Å². The smallest absolute Gasteiger partial charge is 0.209 e. The standard InChI is InChI=1S/C16H17NO2S/c1-20(18,19)17-16(15-10-6-3-7-11-15)13-12-14-8-4-2-5-9-14/h2-13,16-17H,1H3/b13-12+. The second-order valence-electron chi connectivity index (χ2n) is 4.55. The number of hydrogen-bond donors (Lipinski definition) is 1. The maximum absolute atomic E-state index is 11.5. The molecule has 104 valence electrons. The van der Waals surface area contributed by atoms with Crippen molar-refractivity contribution in [3.8, 4) is 0 Å². The first-order valence-electron chi connectivity index (χ1n) is 6.30. The van der Waals surface area contributed by atoms with Crippen LogP contribution in [0.1, 0.15) is 17.2 Å². The predicted octanol–water partition coefficient (Wildman–Crippen LogP) is 2.99. The number of hydrogen-bond acceptors (Lipinski definition) is 2. The Bertz CT molecular complexity index is 664. The van der Waals surface area contributed by atoms with E-state index in [1.54, 1.807) is 0 Å². The molecular weight excluding hydrogens is 270 g/mol. The van der Waals surface area contributed by atoms with E-state index in [4.69, 9.17) is 0 Å². The predicted molar refractivity (Wildman–Crippen MR) is 82.6 cm³/mol. The molecule has 20 heavy (non-hydrogen) atoms. The van der Waals surface area contributed by atoms with Crippen LogP contribution in [0, 0.1) is 0 Å². The molecule has 0 aliphatic rings. The lowest BCUT2D eigenvalue weighted by Gasteiger charge is -2.14. The molecule has 0 saturated carbocycles. The molecule has 0 amide bonds. The van der Waals surface area contributed by atoms with E-state index in [0.29, 0.717) is 0 Å². The van der Waals surface area contributed by atoms with Gasteiger partial charge in [-0.05, 0) is 11.1 Å². The first kappa shape index (κ1) is 14.5. The Morgan fingerprint density at radius 1 is 0.950 bits per heavy atom. The van der Waals surface area contributed by atoms with Crippen LogP contribution < -0.4 is 4.72 Å². The highest BCUT2D eigenvalue weighted by atomic mass is 32.2. The number of nitrogens with one attached hydrogen (secondary N) is 1. The largest absolute Gasteiger partial charge is 0.213 e. The van der Waals surface area contributed by atoms with Gasteiger partial charge in [0.25, 0.3) is 0 Å². The van der Waals surface area contributed by atoms with Crippen LogP contribution >= 0.6 is 0 Å². The summed E-state index contributed by atoms with van der Waals surface area (Å²) in [6.07, 6.45) is 4.93. The molecule has 0 bridgehead atoms. The van der Waals surface area contributed by atoms with E-state index < -0.39 is 10.0 Å². The zero-order valence-electron chi connectivity index (χ0n) is 11.2. The molecule has 1 N–H and O–H groups in total. The maximum atomic E-state index is 11.5. The summed E-state index contributed by atoms with van der Waals surface area (Å²) < 4.78 is 25.6. The van der Waals surface area contributed by atoms with E-state index >= 15 is 0 Å². The van der Waals surface area contributed by atoms with Crippen LogP contribution in [0.15, 0.2) is 66.7 Å². The van der Waals surface area contributed by atoms with Crippen molar-refractivity contribution in [1.82, 2.24) is 4.72 Å². The highest BCUT2D eigenvalue weighted by Gasteiger charge is 2.12. The minimum Gasteiger partial charge on any atom is -0.213 e. The molecule has 0 aliphatic carbocycles. The van der Waals surface area contributed by atoms with E-state index in [9.17, 15) is 8.42 Å². The van der Waals surface area contributed by atoms with Crippen LogP contribution in [0.4, 0.5) is 0 Å². The third-order valence-corrected chi connectivity index (χ3v) is 3.46. The Labute approximate surface area is 120 Å². The summed E-state index contributed by atoms with van der Waals surface area (Å²) in [7, 11) is -3.28. The molecule has 0 fully saturated rings. The highest BCUT2D eigenvalue weighted by Crippen LogP contribution is 2.16. The lowest BCUT2D eigenvalue weighted by atomic mass is 10.1. The second kappa shape index (κ2) is 6.50. The van der Waals surface area contributed by atoms with Gasteiger partial charge >= 0.3 is 0 Å². The molecule has 0 heterocycles. The summed E-state index contributed by atoms with van der Waals surface area (Å²) in [5, 5.41) is 0. The van der Waals surface area contributed by atoms with Crippen LogP contribution in [0.25, 0.3) is 6.08 Å². The van der Waals surface area contributed by atoms with E-state index in [-0.39, 0.29) is 6.04 Å². The summed E-state index contributed by atoms with van der Waals surface area (Å²) in [6, 6.07) is 18.9. The Morgan fingerprint density at radius 2 is 1.50 bits per heavy atom. The van der Waals surface area contributed by atoms with Crippen molar-refractivity contribution in [1.29, 1.82) is 0 Å². The van der Waals surface area contributed by atoms with Gasteiger partial charge in [-0.1, -0.05) is 72.8 Å². The molecule has 2 aromatic carbocycles. The number of benzene rings is 2. The lowest BCUT2D eigenvalue weighted by molar-refractivity contribution is 0.581. The molecule has 0 spiro atoms. The zero-order valence-corrected chi connectivity index (χ0v) is 12.0. The Hall–Kier alpha value is -1.91. The minimum atomic E-state index is -3.28. The Balaban J connectivity index is 2.26. The highest BCUT2D eigenvalue weighted by molar-refractivity contribution is 7.88. The molecule has 0 aliphatic heterocycles. The van der Waals surface area contributed by atoms with Gasteiger partial charge < -0.3 is 0 Å². The van der Waals surface area contributed by atoms with Crippen LogP contribution in [0.5, 0.6) is 0 Å². The Kier molecular flexibility index (Phi) is 4.71.